The number of thiophene rings is 2. The van der Waals surface area contributed by atoms with Crippen molar-refractivity contribution in [3.63, 3.8) is 0 Å². The summed E-state index contributed by atoms with van der Waals surface area (Å²) >= 11 is 12.4. The van der Waals surface area contributed by atoms with E-state index in [0.29, 0.717) is 16.4 Å². The number of aryl methyl sites for hydroxylation is 1. The standard InChI is InChI=1S/C11H9BrClNOS2/c1-6-4-17-10(9(6)13)11(15)14-3-8-2-7(12)5-16-8/h2,4-5H,3H2,1H3,(H,14,15). The fourth-order valence-corrected chi connectivity index (χ4v) is 3.86. The minimum absolute atomic E-state index is 0.113. The summed E-state index contributed by atoms with van der Waals surface area (Å²) in [4.78, 5) is 13.6. The third-order valence-electron chi connectivity index (χ3n) is 2.15. The van der Waals surface area contributed by atoms with Gasteiger partial charge in [-0.15, -0.1) is 22.7 Å². The minimum atomic E-state index is -0.113. The van der Waals surface area contributed by atoms with E-state index in [0.717, 1.165) is 14.9 Å². The Hall–Kier alpha value is -0.360. The number of hydrogen-bond acceptors (Lipinski definition) is 3. The van der Waals surface area contributed by atoms with E-state index in [1.54, 1.807) is 11.3 Å². The summed E-state index contributed by atoms with van der Waals surface area (Å²) in [7, 11) is 0. The van der Waals surface area contributed by atoms with Crippen molar-refractivity contribution < 1.29 is 4.79 Å². The Balaban J connectivity index is 2.00. The van der Waals surface area contributed by atoms with Crippen molar-refractivity contribution in [1.29, 1.82) is 0 Å². The summed E-state index contributed by atoms with van der Waals surface area (Å²) in [6.45, 7) is 2.42. The number of carbonyl (C=O) groups is 1. The summed E-state index contributed by atoms with van der Waals surface area (Å²) in [6, 6.07) is 1.99. The lowest BCUT2D eigenvalue weighted by Crippen LogP contribution is -2.21. The molecule has 0 unspecified atom stereocenters. The number of amides is 1. The lowest BCUT2D eigenvalue weighted by molar-refractivity contribution is 0.0955. The van der Waals surface area contributed by atoms with Crippen molar-refractivity contribution in [2.24, 2.45) is 0 Å². The molecule has 1 amide bonds. The predicted molar refractivity (Wildman–Crippen MR) is 77.3 cm³/mol. The van der Waals surface area contributed by atoms with Crippen molar-refractivity contribution in [3.05, 3.63) is 41.6 Å². The fourth-order valence-electron chi connectivity index (χ4n) is 1.28. The molecule has 0 atom stereocenters. The first-order valence-electron chi connectivity index (χ1n) is 4.82. The molecular formula is C11H9BrClNOS2. The van der Waals surface area contributed by atoms with Gasteiger partial charge in [-0.05, 0) is 39.9 Å². The van der Waals surface area contributed by atoms with Crippen molar-refractivity contribution in [3.8, 4) is 0 Å². The molecule has 0 aromatic carbocycles. The van der Waals surface area contributed by atoms with Crippen LogP contribution in [0.4, 0.5) is 0 Å². The molecule has 2 heterocycles. The van der Waals surface area contributed by atoms with Gasteiger partial charge in [-0.2, -0.15) is 0 Å². The topological polar surface area (TPSA) is 29.1 Å². The average Bonchev–Trinajstić information content (AvgIpc) is 2.84. The fraction of sp³-hybridized carbons (Fsp3) is 0.182. The number of halogens is 2. The van der Waals surface area contributed by atoms with Crippen LogP contribution in [0.3, 0.4) is 0 Å². The lowest BCUT2D eigenvalue weighted by atomic mass is 10.3. The first kappa shape index (κ1) is 13.1. The van der Waals surface area contributed by atoms with Gasteiger partial charge in [0.1, 0.15) is 4.88 Å². The molecule has 0 radical (unpaired) electrons. The van der Waals surface area contributed by atoms with Gasteiger partial charge in [0, 0.05) is 14.7 Å². The highest BCUT2D eigenvalue weighted by Crippen LogP contribution is 2.27. The van der Waals surface area contributed by atoms with Gasteiger partial charge in [-0.25, -0.2) is 0 Å². The summed E-state index contributed by atoms with van der Waals surface area (Å²) in [5.41, 5.74) is 0.945. The quantitative estimate of drug-likeness (QED) is 0.869. The minimum Gasteiger partial charge on any atom is -0.346 e. The number of rotatable bonds is 3. The molecule has 2 aromatic heterocycles. The zero-order valence-electron chi connectivity index (χ0n) is 8.92. The lowest BCUT2D eigenvalue weighted by Gasteiger charge is -2.01. The van der Waals surface area contributed by atoms with Crippen LogP contribution >= 0.6 is 50.2 Å². The molecule has 0 fully saturated rings. The van der Waals surface area contributed by atoms with Crippen molar-refractivity contribution in [2.45, 2.75) is 13.5 Å². The first-order chi connectivity index (χ1) is 8.08. The molecular weight excluding hydrogens is 342 g/mol. The van der Waals surface area contributed by atoms with Gasteiger partial charge < -0.3 is 5.32 Å². The molecule has 0 saturated carbocycles. The molecule has 0 saturated heterocycles. The van der Waals surface area contributed by atoms with Gasteiger partial charge in [0.05, 0.1) is 11.6 Å². The number of hydrogen-bond donors (Lipinski definition) is 1. The zero-order chi connectivity index (χ0) is 12.4. The second kappa shape index (κ2) is 5.52. The Kier molecular flexibility index (Phi) is 4.25. The van der Waals surface area contributed by atoms with Gasteiger partial charge in [-0.3, -0.25) is 4.79 Å². The Bertz CT molecular complexity index is 549. The van der Waals surface area contributed by atoms with Crippen LogP contribution in [-0.2, 0) is 6.54 Å². The molecule has 90 valence electrons. The van der Waals surface area contributed by atoms with Crippen molar-refractivity contribution in [1.82, 2.24) is 5.32 Å². The third kappa shape index (κ3) is 3.10. The molecule has 2 rings (SSSR count). The van der Waals surface area contributed by atoms with Gasteiger partial charge in [0.25, 0.3) is 5.91 Å². The molecule has 2 aromatic rings. The van der Waals surface area contributed by atoms with E-state index in [1.807, 2.05) is 23.8 Å². The van der Waals surface area contributed by atoms with Gasteiger partial charge >= 0.3 is 0 Å². The highest BCUT2D eigenvalue weighted by molar-refractivity contribution is 9.10. The molecule has 17 heavy (non-hydrogen) atoms. The second-order valence-corrected chi connectivity index (χ2v) is 6.64. The van der Waals surface area contributed by atoms with Crippen LogP contribution in [-0.4, -0.2) is 5.91 Å². The van der Waals surface area contributed by atoms with E-state index in [-0.39, 0.29) is 5.91 Å². The molecule has 1 N–H and O–H groups in total. The summed E-state index contributed by atoms with van der Waals surface area (Å²) in [5, 5.41) is 7.29. The van der Waals surface area contributed by atoms with Crippen LogP contribution in [0.5, 0.6) is 0 Å². The molecule has 2 nitrogen and oxygen atoms in total. The smallest absolute Gasteiger partial charge is 0.263 e. The Labute approximate surface area is 121 Å². The average molecular weight is 351 g/mol. The largest absolute Gasteiger partial charge is 0.346 e. The Morgan fingerprint density at radius 2 is 2.24 bits per heavy atom. The van der Waals surface area contributed by atoms with Gasteiger partial charge in [0.2, 0.25) is 0 Å². The maximum absolute atomic E-state index is 11.9. The van der Waals surface area contributed by atoms with Crippen molar-refractivity contribution in [2.75, 3.05) is 0 Å². The van der Waals surface area contributed by atoms with Crippen LogP contribution in [0.25, 0.3) is 0 Å². The molecule has 0 aliphatic rings. The molecule has 0 spiro atoms. The van der Waals surface area contributed by atoms with Crippen LogP contribution < -0.4 is 5.32 Å². The SMILES string of the molecule is Cc1csc(C(=O)NCc2cc(Br)cs2)c1Cl. The Morgan fingerprint density at radius 3 is 2.76 bits per heavy atom. The van der Waals surface area contributed by atoms with E-state index in [1.165, 1.54) is 11.3 Å². The van der Waals surface area contributed by atoms with Crippen LogP contribution in [0.1, 0.15) is 20.1 Å². The van der Waals surface area contributed by atoms with Crippen LogP contribution in [0, 0.1) is 6.92 Å². The Morgan fingerprint density at radius 1 is 1.47 bits per heavy atom. The van der Waals surface area contributed by atoms with Crippen LogP contribution in [0.15, 0.2) is 21.3 Å². The molecule has 0 aliphatic heterocycles. The number of carbonyl (C=O) groups excluding carboxylic acids is 1. The van der Waals surface area contributed by atoms with E-state index in [2.05, 4.69) is 21.2 Å². The first-order valence-corrected chi connectivity index (χ1v) is 7.75. The van der Waals surface area contributed by atoms with E-state index in [9.17, 15) is 4.79 Å². The number of nitrogens with one attached hydrogen (secondary N) is 1. The second-order valence-electron chi connectivity index (χ2n) is 3.48. The van der Waals surface area contributed by atoms with E-state index >= 15 is 0 Å². The zero-order valence-corrected chi connectivity index (χ0v) is 12.9. The monoisotopic (exact) mass is 349 g/mol. The highest BCUT2D eigenvalue weighted by Gasteiger charge is 2.14. The predicted octanol–water partition coefficient (Wildman–Crippen LogP) is 4.46. The normalized spacial score (nSPS) is 10.5. The maximum Gasteiger partial charge on any atom is 0.263 e. The molecule has 0 aliphatic carbocycles. The van der Waals surface area contributed by atoms with E-state index in [4.69, 9.17) is 11.6 Å². The maximum atomic E-state index is 11.9. The summed E-state index contributed by atoms with van der Waals surface area (Å²) in [5.74, 6) is -0.113. The summed E-state index contributed by atoms with van der Waals surface area (Å²) < 4.78 is 1.04. The van der Waals surface area contributed by atoms with Crippen LogP contribution in [0.2, 0.25) is 5.02 Å². The third-order valence-corrected chi connectivity index (χ3v) is 5.54. The highest BCUT2D eigenvalue weighted by atomic mass is 79.9. The van der Waals surface area contributed by atoms with E-state index < -0.39 is 0 Å². The molecule has 0 bridgehead atoms. The molecule has 6 heteroatoms. The van der Waals surface area contributed by atoms with Crippen molar-refractivity contribution >= 4 is 56.1 Å². The van der Waals surface area contributed by atoms with Gasteiger partial charge in [-0.1, -0.05) is 11.6 Å². The van der Waals surface area contributed by atoms with Gasteiger partial charge in [0.15, 0.2) is 0 Å². The summed E-state index contributed by atoms with van der Waals surface area (Å²) in [6.07, 6.45) is 0.